The zero-order chi connectivity index (χ0) is 21.3. The highest BCUT2D eigenvalue weighted by Crippen LogP contribution is 2.33. The summed E-state index contributed by atoms with van der Waals surface area (Å²) < 4.78 is 38.4. The van der Waals surface area contributed by atoms with Gasteiger partial charge in [-0.2, -0.15) is 0 Å². The van der Waals surface area contributed by atoms with E-state index in [4.69, 9.17) is 9.47 Å². The Hall–Kier alpha value is -3.33. The van der Waals surface area contributed by atoms with E-state index < -0.39 is 16.0 Å². The molecule has 1 heterocycles. The third kappa shape index (κ3) is 3.68. The van der Waals surface area contributed by atoms with Gasteiger partial charge in [-0.15, -0.1) is 0 Å². The molecular formula is C20H20N2O6S. The zero-order valence-corrected chi connectivity index (χ0v) is 17.1. The highest BCUT2D eigenvalue weighted by atomic mass is 32.2. The van der Waals surface area contributed by atoms with Crippen molar-refractivity contribution in [3.63, 3.8) is 0 Å². The van der Waals surface area contributed by atoms with Crippen LogP contribution in [0.25, 0.3) is 10.9 Å². The molecule has 0 saturated heterocycles. The van der Waals surface area contributed by atoms with E-state index >= 15 is 0 Å². The van der Waals surface area contributed by atoms with E-state index in [1.54, 1.807) is 19.1 Å². The number of benzene rings is 2. The third-order valence-electron chi connectivity index (χ3n) is 4.47. The van der Waals surface area contributed by atoms with Crippen molar-refractivity contribution in [1.82, 2.24) is 4.98 Å². The first-order chi connectivity index (χ1) is 13.7. The molecule has 8 nitrogen and oxygen atoms in total. The number of aromatic amines is 1. The van der Waals surface area contributed by atoms with Crippen LogP contribution in [0.2, 0.25) is 0 Å². The number of fused-ring (bicyclic) bond motifs is 1. The number of aryl methyl sites for hydroxylation is 1. The highest BCUT2D eigenvalue weighted by Gasteiger charge is 2.24. The second-order valence-corrected chi connectivity index (χ2v) is 8.03. The molecule has 152 valence electrons. The first-order valence-corrected chi connectivity index (χ1v) is 10.1. The van der Waals surface area contributed by atoms with Crippen LogP contribution >= 0.6 is 0 Å². The summed E-state index contributed by atoms with van der Waals surface area (Å²) in [7, 11) is -1.46. The maximum absolute atomic E-state index is 13.0. The van der Waals surface area contributed by atoms with Crippen molar-refractivity contribution >= 4 is 38.4 Å². The molecule has 0 aliphatic rings. The molecule has 3 aromatic rings. The fourth-order valence-electron chi connectivity index (χ4n) is 3.24. The lowest BCUT2D eigenvalue weighted by Crippen LogP contribution is -2.15. The van der Waals surface area contributed by atoms with Gasteiger partial charge in [0.1, 0.15) is 10.6 Å². The molecule has 0 amide bonds. The molecule has 0 spiro atoms. The maximum Gasteiger partial charge on any atom is 0.337 e. The Labute approximate surface area is 167 Å². The second-order valence-electron chi connectivity index (χ2n) is 6.38. The van der Waals surface area contributed by atoms with Gasteiger partial charge in [-0.25, -0.2) is 13.2 Å². The van der Waals surface area contributed by atoms with Crippen LogP contribution in [-0.2, 0) is 14.8 Å². The van der Waals surface area contributed by atoms with E-state index in [1.165, 1.54) is 45.4 Å². The minimum atomic E-state index is -4.05. The number of aromatic nitrogens is 1. The number of anilines is 1. The van der Waals surface area contributed by atoms with Gasteiger partial charge in [0, 0.05) is 16.6 Å². The van der Waals surface area contributed by atoms with Gasteiger partial charge in [0.15, 0.2) is 5.78 Å². The average Bonchev–Trinajstić information content (AvgIpc) is 3.03. The number of hydrogen-bond donors (Lipinski definition) is 2. The Morgan fingerprint density at radius 3 is 2.41 bits per heavy atom. The Balaban J connectivity index is 2.24. The lowest BCUT2D eigenvalue weighted by molar-refractivity contribution is 0.0600. The van der Waals surface area contributed by atoms with Gasteiger partial charge in [0.05, 0.1) is 31.0 Å². The topological polar surface area (TPSA) is 115 Å². The molecule has 3 rings (SSSR count). The number of ketones is 1. The number of methoxy groups -OCH3 is 2. The number of H-pyrrole nitrogens is 1. The second kappa shape index (κ2) is 7.59. The predicted molar refractivity (Wildman–Crippen MR) is 108 cm³/mol. The maximum atomic E-state index is 13.0. The summed E-state index contributed by atoms with van der Waals surface area (Å²) in [4.78, 5) is 27.2. The number of rotatable bonds is 6. The Morgan fingerprint density at radius 1 is 1.10 bits per heavy atom. The van der Waals surface area contributed by atoms with E-state index in [1.807, 2.05) is 0 Å². The summed E-state index contributed by atoms with van der Waals surface area (Å²) in [6, 6.07) is 9.03. The minimum Gasteiger partial charge on any atom is -0.495 e. The lowest BCUT2D eigenvalue weighted by atomic mass is 10.0. The van der Waals surface area contributed by atoms with Gasteiger partial charge in [0.2, 0.25) is 0 Å². The third-order valence-corrected chi connectivity index (χ3v) is 5.88. The SMILES string of the molecule is COC(=O)c1cc(NS(=O)(=O)c2ccccc2OC)c2[nH]c(C)c(C(C)=O)c2c1. The van der Waals surface area contributed by atoms with E-state index in [0.29, 0.717) is 22.2 Å². The first-order valence-electron chi connectivity index (χ1n) is 8.61. The fourth-order valence-corrected chi connectivity index (χ4v) is 4.47. The van der Waals surface area contributed by atoms with Crippen molar-refractivity contribution in [2.75, 3.05) is 18.9 Å². The molecule has 0 radical (unpaired) electrons. The summed E-state index contributed by atoms with van der Waals surface area (Å²) in [5.74, 6) is -0.695. The van der Waals surface area contributed by atoms with E-state index in [0.717, 1.165) is 0 Å². The van der Waals surface area contributed by atoms with E-state index in [-0.39, 0.29) is 27.7 Å². The molecule has 0 aliphatic heterocycles. The van der Waals surface area contributed by atoms with Crippen LogP contribution in [0.5, 0.6) is 5.75 Å². The van der Waals surface area contributed by atoms with Crippen LogP contribution in [-0.4, -0.2) is 39.4 Å². The van der Waals surface area contributed by atoms with Crippen LogP contribution in [0.3, 0.4) is 0 Å². The summed E-state index contributed by atoms with van der Waals surface area (Å²) in [5, 5.41) is 0.427. The van der Waals surface area contributed by atoms with Gasteiger partial charge in [-0.3, -0.25) is 9.52 Å². The van der Waals surface area contributed by atoms with Crippen LogP contribution in [0.1, 0.15) is 33.3 Å². The molecule has 0 fully saturated rings. The number of carbonyl (C=O) groups is 2. The Kier molecular flexibility index (Phi) is 5.34. The molecule has 2 N–H and O–H groups in total. The average molecular weight is 416 g/mol. The number of Topliss-reactive ketones (excluding diaryl/α,β-unsaturated/α-hetero) is 1. The number of nitrogens with one attached hydrogen (secondary N) is 2. The van der Waals surface area contributed by atoms with Gasteiger partial charge < -0.3 is 14.5 Å². The minimum absolute atomic E-state index is 0.0609. The molecule has 9 heteroatoms. The van der Waals surface area contributed by atoms with Crippen LogP contribution < -0.4 is 9.46 Å². The largest absolute Gasteiger partial charge is 0.495 e. The van der Waals surface area contributed by atoms with Crippen LogP contribution in [0, 0.1) is 6.92 Å². The zero-order valence-electron chi connectivity index (χ0n) is 16.3. The quantitative estimate of drug-likeness (QED) is 0.471. The molecule has 29 heavy (non-hydrogen) atoms. The fraction of sp³-hybridized carbons (Fsp3) is 0.200. The summed E-state index contributed by atoms with van der Waals surface area (Å²) >= 11 is 0. The van der Waals surface area contributed by atoms with E-state index in [2.05, 4.69) is 9.71 Å². The van der Waals surface area contributed by atoms with Crippen molar-refractivity contribution in [2.45, 2.75) is 18.7 Å². The standard InChI is InChI=1S/C20H20N2O6S/c1-11-18(12(2)23)14-9-13(20(24)28-4)10-15(19(14)21-11)22-29(25,26)17-8-6-5-7-16(17)27-3/h5-10,21-22H,1-4H3. The van der Waals surface area contributed by atoms with Crippen molar-refractivity contribution in [3.05, 3.63) is 53.2 Å². The smallest absolute Gasteiger partial charge is 0.337 e. The van der Waals surface area contributed by atoms with Crippen molar-refractivity contribution in [1.29, 1.82) is 0 Å². The number of ether oxygens (including phenoxy) is 2. The molecule has 0 unspecified atom stereocenters. The van der Waals surface area contributed by atoms with Gasteiger partial charge >= 0.3 is 5.97 Å². The predicted octanol–water partition coefficient (Wildman–Crippen LogP) is 3.27. The number of sulfonamides is 1. The monoisotopic (exact) mass is 416 g/mol. The highest BCUT2D eigenvalue weighted by molar-refractivity contribution is 7.92. The molecule has 0 aliphatic carbocycles. The molecule has 0 bridgehead atoms. The lowest BCUT2D eigenvalue weighted by Gasteiger charge is -2.13. The van der Waals surface area contributed by atoms with E-state index in [9.17, 15) is 18.0 Å². The first kappa shape index (κ1) is 20.4. The number of carbonyl (C=O) groups excluding carboxylic acids is 2. The van der Waals surface area contributed by atoms with Crippen molar-refractivity contribution in [3.8, 4) is 5.75 Å². The van der Waals surface area contributed by atoms with Crippen molar-refractivity contribution < 1.29 is 27.5 Å². The van der Waals surface area contributed by atoms with Gasteiger partial charge in [0.25, 0.3) is 10.0 Å². The Bertz CT molecular complexity index is 1230. The molecular weight excluding hydrogens is 396 g/mol. The van der Waals surface area contributed by atoms with Crippen LogP contribution in [0.4, 0.5) is 5.69 Å². The summed E-state index contributed by atoms with van der Waals surface area (Å²) in [5.41, 5.74) is 1.55. The number of para-hydroxylation sites is 1. The van der Waals surface area contributed by atoms with Gasteiger partial charge in [-0.1, -0.05) is 12.1 Å². The molecule has 2 aromatic carbocycles. The Morgan fingerprint density at radius 2 is 1.79 bits per heavy atom. The molecule has 0 atom stereocenters. The van der Waals surface area contributed by atoms with Crippen molar-refractivity contribution in [2.24, 2.45) is 0 Å². The normalized spacial score (nSPS) is 11.3. The molecule has 1 aromatic heterocycles. The van der Waals surface area contributed by atoms with Gasteiger partial charge in [-0.05, 0) is 38.1 Å². The summed E-state index contributed by atoms with van der Waals surface area (Å²) in [6.45, 7) is 3.10. The summed E-state index contributed by atoms with van der Waals surface area (Å²) in [6.07, 6.45) is 0. The van der Waals surface area contributed by atoms with Crippen LogP contribution in [0.15, 0.2) is 41.3 Å². The number of hydrogen-bond acceptors (Lipinski definition) is 6. The molecule has 0 saturated carbocycles. The number of esters is 1.